The van der Waals surface area contributed by atoms with Crippen LogP contribution in [-0.4, -0.2) is 11.8 Å². The fraction of sp³-hybridized carbons (Fsp3) is 0.300. The van der Waals surface area contributed by atoms with Gasteiger partial charge in [0.25, 0.3) is 0 Å². The first-order chi connectivity index (χ1) is 11.3. The van der Waals surface area contributed by atoms with Gasteiger partial charge in [-0.2, -0.15) is 0 Å². The van der Waals surface area contributed by atoms with Crippen LogP contribution in [-0.2, 0) is 21.5 Å². The fourth-order valence-electron chi connectivity index (χ4n) is 2.30. The summed E-state index contributed by atoms with van der Waals surface area (Å²) in [6.07, 6.45) is 0. The number of carbonyl (C=O) groups is 2. The molecule has 0 unspecified atom stereocenters. The van der Waals surface area contributed by atoms with Crippen LogP contribution < -0.4 is 10.6 Å². The summed E-state index contributed by atoms with van der Waals surface area (Å²) in [4.78, 5) is 23.8. The average molecular weight is 324 g/mol. The summed E-state index contributed by atoms with van der Waals surface area (Å²) in [6, 6.07) is 15.4. The smallest absolute Gasteiger partial charge is 0.313 e. The zero-order chi connectivity index (χ0) is 17.7. The van der Waals surface area contributed by atoms with E-state index in [9.17, 15) is 9.59 Å². The Morgan fingerprint density at radius 3 is 2.21 bits per heavy atom. The molecule has 2 aromatic carbocycles. The Morgan fingerprint density at radius 1 is 0.958 bits per heavy atom. The number of amides is 2. The Hall–Kier alpha value is -2.62. The van der Waals surface area contributed by atoms with Gasteiger partial charge in [0.15, 0.2) is 0 Å². The Bertz CT molecular complexity index is 728. The molecule has 0 aliphatic heterocycles. The van der Waals surface area contributed by atoms with Crippen molar-refractivity contribution in [3.8, 4) is 0 Å². The van der Waals surface area contributed by atoms with Crippen molar-refractivity contribution in [2.45, 2.75) is 39.7 Å². The second-order valence-corrected chi connectivity index (χ2v) is 6.95. The summed E-state index contributed by atoms with van der Waals surface area (Å²) in [5.74, 6) is -1.30. The van der Waals surface area contributed by atoms with Gasteiger partial charge >= 0.3 is 11.8 Å². The van der Waals surface area contributed by atoms with Gasteiger partial charge in [-0.15, -0.1) is 0 Å². The van der Waals surface area contributed by atoms with Crippen molar-refractivity contribution in [2.24, 2.45) is 0 Å². The third-order valence-electron chi connectivity index (χ3n) is 3.76. The van der Waals surface area contributed by atoms with Gasteiger partial charge in [-0.3, -0.25) is 9.59 Å². The molecule has 2 rings (SSSR count). The van der Waals surface area contributed by atoms with Gasteiger partial charge < -0.3 is 10.6 Å². The van der Waals surface area contributed by atoms with E-state index >= 15 is 0 Å². The van der Waals surface area contributed by atoms with Gasteiger partial charge in [0.05, 0.1) is 0 Å². The molecule has 0 fully saturated rings. The molecular formula is C20H24N2O2. The SMILES string of the molecule is Cc1cccc(NC(=O)C(=O)NCc2ccc(C(C)(C)C)cc2)c1. The molecule has 2 aromatic rings. The van der Waals surface area contributed by atoms with E-state index in [1.807, 2.05) is 49.4 Å². The molecule has 0 radical (unpaired) electrons. The van der Waals surface area contributed by atoms with Crippen LogP contribution in [0.2, 0.25) is 0 Å². The fourth-order valence-corrected chi connectivity index (χ4v) is 2.30. The van der Waals surface area contributed by atoms with E-state index in [4.69, 9.17) is 0 Å². The molecule has 0 aliphatic carbocycles. The van der Waals surface area contributed by atoms with E-state index in [0.717, 1.165) is 11.1 Å². The maximum absolute atomic E-state index is 11.9. The Labute approximate surface area is 143 Å². The lowest BCUT2D eigenvalue weighted by atomic mass is 9.87. The van der Waals surface area contributed by atoms with Gasteiger partial charge in [-0.25, -0.2) is 0 Å². The standard InChI is InChI=1S/C20H24N2O2/c1-14-6-5-7-17(12-14)22-19(24)18(23)21-13-15-8-10-16(11-9-15)20(2,3)4/h5-12H,13H2,1-4H3,(H,21,23)(H,22,24). The van der Waals surface area contributed by atoms with Crippen LogP contribution in [0.5, 0.6) is 0 Å². The number of aryl methyl sites for hydroxylation is 1. The molecule has 4 nitrogen and oxygen atoms in total. The molecule has 0 heterocycles. The number of nitrogens with one attached hydrogen (secondary N) is 2. The maximum atomic E-state index is 11.9. The molecule has 0 bridgehead atoms. The van der Waals surface area contributed by atoms with Crippen LogP contribution in [0.15, 0.2) is 48.5 Å². The van der Waals surface area contributed by atoms with Crippen LogP contribution in [0.4, 0.5) is 5.69 Å². The lowest BCUT2D eigenvalue weighted by Crippen LogP contribution is -2.34. The monoisotopic (exact) mass is 324 g/mol. The summed E-state index contributed by atoms with van der Waals surface area (Å²) in [5.41, 5.74) is 3.92. The average Bonchev–Trinajstić information content (AvgIpc) is 2.52. The highest BCUT2D eigenvalue weighted by atomic mass is 16.2. The van der Waals surface area contributed by atoms with Crippen molar-refractivity contribution in [1.29, 1.82) is 0 Å². The lowest BCUT2D eigenvalue weighted by molar-refractivity contribution is -0.136. The Morgan fingerprint density at radius 2 is 1.62 bits per heavy atom. The first-order valence-electron chi connectivity index (χ1n) is 8.01. The summed E-state index contributed by atoms with van der Waals surface area (Å²) >= 11 is 0. The normalized spacial score (nSPS) is 11.0. The van der Waals surface area contributed by atoms with E-state index in [0.29, 0.717) is 12.2 Å². The van der Waals surface area contributed by atoms with Crippen LogP contribution in [0, 0.1) is 6.92 Å². The van der Waals surface area contributed by atoms with Crippen LogP contribution in [0.3, 0.4) is 0 Å². The van der Waals surface area contributed by atoms with Crippen molar-refractivity contribution in [3.05, 3.63) is 65.2 Å². The molecule has 0 aliphatic rings. The van der Waals surface area contributed by atoms with Crippen LogP contribution in [0.25, 0.3) is 0 Å². The van der Waals surface area contributed by atoms with Gasteiger partial charge in [0.1, 0.15) is 0 Å². The highest BCUT2D eigenvalue weighted by Gasteiger charge is 2.15. The molecule has 2 N–H and O–H groups in total. The number of carbonyl (C=O) groups excluding carboxylic acids is 2. The molecule has 2 amide bonds. The third kappa shape index (κ3) is 4.95. The van der Waals surface area contributed by atoms with E-state index in [-0.39, 0.29) is 5.41 Å². The van der Waals surface area contributed by atoms with Gasteiger partial charge in [0, 0.05) is 12.2 Å². The maximum Gasteiger partial charge on any atom is 0.313 e. The highest BCUT2D eigenvalue weighted by Crippen LogP contribution is 2.22. The molecule has 0 spiro atoms. The molecule has 24 heavy (non-hydrogen) atoms. The number of benzene rings is 2. The predicted octanol–water partition coefficient (Wildman–Crippen LogP) is 3.55. The van der Waals surface area contributed by atoms with Gasteiger partial charge in [-0.05, 0) is 41.2 Å². The van der Waals surface area contributed by atoms with E-state index in [2.05, 4.69) is 31.4 Å². The van der Waals surface area contributed by atoms with Crippen molar-refractivity contribution in [3.63, 3.8) is 0 Å². The van der Waals surface area contributed by atoms with E-state index < -0.39 is 11.8 Å². The molecule has 0 aromatic heterocycles. The summed E-state index contributed by atoms with van der Waals surface area (Å²) in [7, 11) is 0. The minimum atomic E-state index is -0.660. The van der Waals surface area contributed by atoms with Crippen LogP contribution in [0.1, 0.15) is 37.5 Å². The summed E-state index contributed by atoms with van der Waals surface area (Å²) in [6.45, 7) is 8.71. The Balaban J connectivity index is 1.89. The first-order valence-corrected chi connectivity index (χ1v) is 8.01. The summed E-state index contributed by atoms with van der Waals surface area (Å²) < 4.78 is 0. The van der Waals surface area contributed by atoms with Crippen molar-refractivity contribution >= 4 is 17.5 Å². The second-order valence-electron chi connectivity index (χ2n) is 6.95. The number of hydrogen-bond donors (Lipinski definition) is 2. The zero-order valence-corrected chi connectivity index (χ0v) is 14.6. The largest absolute Gasteiger partial charge is 0.344 e. The highest BCUT2D eigenvalue weighted by molar-refractivity contribution is 6.39. The quantitative estimate of drug-likeness (QED) is 0.848. The van der Waals surface area contributed by atoms with E-state index in [1.165, 1.54) is 5.56 Å². The number of hydrogen-bond acceptors (Lipinski definition) is 2. The second kappa shape index (κ2) is 7.30. The predicted molar refractivity (Wildman–Crippen MR) is 96.8 cm³/mol. The van der Waals surface area contributed by atoms with Crippen LogP contribution >= 0.6 is 0 Å². The first kappa shape index (κ1) is 17.7. The zero-order valence-electron chi connectivity index (χ0n) is 14.6. The molecule has 126 valence electrons. The molecular weight excluding hydrogens is 300 g/mol. The van der Waals surface area contributed by atoms with Crippen molar-refractivity contribution < 1.29 is 9.59 Å². The topological polar surface area (TPSA) is 58.2 Å². The minimum Gasteiger partial charge on any atom is -0.344 e. The molecule has 0 saturated carbocycles. The molecule has 0 saturated heterocycles. The Kier molecular flexibility index (Phi) is 5.39. The van der Waals surface area contributed by atoms with Crippen molar-refractivity contribution in [2.75, 3.05) is 5.32 Å². The van der Waals surface area contributed by atoms with Gasteiger partial charge in [-0.1, -0.05) is 57.2 Å². The van der Waals surface area contributed by atoms with Gasteiger partial charge in [0.2, 0.25) is 0 Å². The summed E-state index contributed by atoms with van der Waals surface area (Å²) in [5, 5.41) is 5.24. The lowest BCUT2D eigenvalue weighted by Gasteiger charge is -2.19. The number of rotatable bonds is 3. The third-order valence-corrected chi connectivity index (χ3v) is 3.76. The van der Waals surface area contributed by atoms with Crippen molar-refractivity contribution in [1.82, 2.24) is 5.32 Å². The molecule has 0 atom stereocenters. The molecule has 4 heteroatoms. The van der Waals surface area contributed by atoms with E-state index in [1.54, 1.807) is 6.07 Å². The minimum absolute atomic E-state index is 0.0927. The number of anilines is 1.